The van der Waals surface area contributed by atoms with Crippen LogP contribution in [0.15, 0.2) is 51.6 Å². The predicted octanol–water partition coefficient (Wildman–Crippen LogP) is 5.44. The van der Waals surface area contributed by atoms with E-state index in [1.165, 1.54) is 0 Å². The van der Waals surface area contributed by atoms with E-state index in [0.29, 0.717) is 6.42 Å². The molecule has 6 heteroatoms. The van der Waals surface area contributed by atoms with Gasteiger partial charge >= 0.3 is 0 Å². The lowest BCUT2D eigenvalue weighted by Crippen LogP contribution is -2.29. The van der Waals surface area contributed by atoms with Gasteiger partial charge in [0.05, 0.1) is 23.0 Å². The summed E-state index contributed by atoms with van der Waals surface area (Å²) in [4.78, 5) is 18.1. The van der Waals surface area contributed by atoms with Crippen LogP contribution in [0.1, 0.15) is 30.6 Å². The van der Waals surface area contributed by atoms with Crippen LogP contribution in [0.3, 0.4) is 0 Å². The van der Waals surface area contributed by atoms with Gasteiger partial charge in [-0.25, -0.2) is 4.98 Å². The third-order valence-electron chi connectivity index (χ3n) is 3.64. The molecule has 3 aromatic rings. The molecule has 0 bridgehead atoms. The van der Waals surface area contributed by atoms with Crippen LogP contribution < -0.4 is 5.32 Å². The van der Waals surface area contributed by atoms with Crippen LogP contribution >= 0.6 is 38.6 Å². The van der Waals surface area contributed by atoms with Crippen LogP contribution in [-0.4, -0.2) is 10.9 Å². The van der Waals surface area contributed by atoms with E-state index in [1.54, 1.807) is 22.7 Å². The first-order valence-corrected chi connectivity index (χ1v) is 10.2. The van der Waals surface area contributed by atoms with Crippen molar-refractivity contribution in [1.82, 2.24) is 10.3 Å². The van der Waals surface area contributed by atoms with Crippen molar-refractivity contribution < 1.29 is 4.79 Å². The number of carbonyl (C=O) groups is 1. The van der Waals surface area contributed by atoms with Gasteiger partial charge in [0.25, 0.3) is 0 Å². The van der Waals surface area contributed by atoms with Crippen molar-refractivity contribution in [1.29, 1.82) is 0 Å². The van der Waals surface area contributed by atoms with Gasteiger partial charge in [-0.05, 0) is 35.6 Å². The molecular weight excluding hydrogens is 404 g/mol. The molecule has 0 aliphatic rings. The molecule has 0 spiro atoms. The highest BCUT2D eigenvalue weighted by molar-refractivity contribution is 9.10. The van der Waals surface area contributed by atoms with E-state index in [2.05, 4.69) is 33.2 Å². The molecule has 3 nitrogen and oxygen atoms in total. The average Bonchev–Trinajstić information content (AvgIpc) is 3.24. The number of hydrogen-bond donors (Lipinski definition) is 1. The fraction of sp³-hybridized carbons (Fsp3) is 0.222. The number of halogens is 1. The molecule has 0 fully saturated rings. The third-order valence-corrected chi connectivity index (χ3v) is 6.10. The van der Waals surface area contributed by atoms with Gasteiger partial charge in [0, 0.05) is 9.85 Å². The Morgan fingerprint density at radius 3 is 2.71 bits per heavy atom. The first kappa shape index (κ1) is 17.3. The molecule has 3 rings (SSSR count). The highest BCUT2D eigenvalue weighted by Gasteiger charge is 2.15. The minimum Gasteiger partial charge on any atom is -0.349 e. The first-order chi connectivity index (χ1) is 11.7. The number of hydrogen-bond acceptors (Lipinski definition) is 4. The SMILES string of the molecule is CC[C@H](NC(=O)Cc1csc(-c2cccs2)n1)c1ccc(Br)cc1. The Morgan fingerprint density at radius 2 is 2.04 bits per heavy atom. The lowest BCUT2D eigenvalue weighted by atomic mass is 10.0. The van der Waals surface area contributed by atoms with Crippen molar-refractivity contribution >= 4 is 44.5 Å². The zero-order valence-corrected chi connectivity index (χ0v) is 16.4. The number of aromatic nitrogens is 1. The van der Waals surface area contributed by atoms with E-state index in [0.717, 1.165) is 32.0 Å². The van der Waals surface area contributed by atoms with E-state index in [1.807, 2.05) is 47.2 Å². The maximum absolute atomic E-state index is 12.4. The average molecular weight is 421 g/mol. The van der Waals surface area contributed by atoms with Gasteiger partial charge in [0.1, 0.15) is 5.01 Å². The number of nitrogens with one attached hydrogen (secondary N) is 1. The molecule has 1 atom stereocenters. The normalized spacial score (nSPS) is 12.1. The van der Waals surface area contributed by atoms with Gasteiger partial charge < -0.3 is 5.32 Å². The smallest absolute Gasteiger partial charge is 0.226 e. The summed E-state index contributed by atoms with van der Waals surface area (Å²) < 4.78 is 1.04. The number of rotatable bonds is 6. The van der Waals surface area contributed by atoms with Crippen molar-refractivity contribution in [2.45, 2.75) is 25.8 Å². The Bertz CT molecular complexity index is 797. The van der Waals surface area contributed by atoms with E-state index < -0.39 is 0 Å². The fourth-order valence-corrected chi connectivity index (χ4v) is 4.33. The number of thiazole rings is 1. The Morgan fingerprint density at radius 1 is 1.25 bits per heavy atom. The molecule has 1 aromatic carbocycles. The summed E-state index contributed by atoms with van der Waals surface area (Å²) in [5.41, 5.74) is 1.94. The summed E-state index contributed by atoms with van der Waals surface area (Å²) in [6, 6.07) is 12.2. The molecule has 0 saturated carbocycles. The number of thiophene rings is 1. The van der Waals surface area contributed by atoms with E-state index in [4.69, 9.17) is 0 Å². The molecule has 0 radical (unpaired) electrons. The molecule has 24 heavy (non-hydrogen) atoms. The Kier molecular flexibility index (Phi) is 5.81. The Hall–Kier alpha value is -1.50. The lowest BCUT2D eigenvalue weighted by Gasteiger charge is -2.17. The largest absolute Gasteiger partial charge is 0.349 e. The number of carbonyl (C=O) groups excluding carboxylic acids is 1. The minimum atomic E-state index is 0.00722. The van der Waals surface area contributed by atoms with Crippen molar-refractivity contribution in [2.75, 3.05) is 0 Å². The maximum Gasteiger partial charge on any atom is 0.226 e. The molecule has 1 amide bonds. The van der Waals surface area contributed by atoms with Gasteiger partial charge in [-0.15, -0.1) is 22.7 Å². The van der Waals surface area contributed by atoms with E-state index in [-0.39, 0.29) is 11.9 Å². The van der Waals surface area contributed by atoms with Crippen LogP contribution in [0.25, 0.3) is 9.88 Å². The second-order valence-electron chi connectivity index (χ2n) is 5.38. The highest BCUT2D eigenvalue weighted by atomic mass is 79.9. The third kappa shape index (κ3) is 4.32. The summed E-state index contributed by atoms with van der Waals surface area (Å²) in [5.74, 6) is 0.00722. The predicted molar refractivity (Wildman–Crippen MR) is 104 cm³/mol. The quantitative estimate of drug-likeness (QED) is 0.576. The van der Waals surface area contributed by atoms with Gasteiger partial charge in [0.15, 0.2) is 0 Å². The van der Waals surface area contributed by atoms with Gasteiger partial charge in [-0.3, -0.25) is 4.79 Å². The van der Waals surface area contributed by atoms with Gasteiger partial charge in [-0.1, -0.05) is 41.1 Å². The number of amides is 1. The molecule has 0 aliphatic carbocycles. The topological polar surface area (TPSA) is 42.0 Å². The van der Waals surface area contributed by atoms with Crippen LogP contribution in [0.5, 0.6) is 0 Å². The zero-order chi connectivity index (χ0) is 16.9. The van der Waals surface area contributed by atoms with Crippen molar-refractivity contribution in [2.24, 2.45) is 0 Å². The molecule has 1 N–H and O–H groups in total. The van der Waals surface area contributed by atoms with E-state index in [9.17, 15) is 4.79 Å². The van der Waals surface area contributed by atoms with Crippen LogP contribution in [0.4, 0.5) is 0 Å². The van der Waals surface area contributed by atoms with Gasteiger partial charge in [0.2, 0.25) is 5.91 Å². The highest BCUT2D eigenvalue weighted by Crippen LogP contribution is 2.28. The van der Waals surface area contributed by atoms with Crippen molar-refractivity contribution in [3.8, 4) is 9.88 Å². The summed E-state index contributed by atoms with van der Waals surface area (Å²) >= 11 is 6.69. The number of benzene rings is 1. The molecular formula is C18H17BrN2OS2. The van der Waals surface area contributed by atoms with Crippen molar-refractivity contribution in [3.05, 3.63) is 62.9 Å². The molecule has 0 aliphatic heterocycles. The fourth-order valence-electron chi connectivity index (χ4n) is 2.43. The minimum absolute atomic E-state index is 0.00722. The Balaban J connectivity index is 1.63. The molecule has 124 valence electrons. The molecule has 2 heterocycles. The molecule has 0 unspecified atom stereocenters. The van der Waals surface area contributed by atoms with E-state index >= 15 is 0 Å². The monoisotopic (exact) mass is 420 g/mol. The van der Waals surface area contributed by atoms with Crippen LogP contribution in [0, 0.1) is 0 Å². The zero-order valence-electron chi connectivity index (χ0n) is 13.2. The van der Waals surface area contributed by atoms with Gasteiger partial charge in [-0.2, -0.15) is 0 Å². The molecule has 2 aromatic heterocycles. The summed E-state index contributed by atoms with van der Waals surface area (Å²) in [6.07, 6.45) is 1.17. The standard InChI is InChI=1S/C18H17BrN2OS2/c1-2-15(12-5-7-13(19)8-6-12)21-17(22)10-14-11-24-18(20-14)16-4-3-9-23-16/h3-9,11,15H,2,10H2,1H3,(H,21,22)/t15-/m0/s1. The first-order valence-electron chi connectivity index (χ1n) is 7.69. The van der Waals surface area contributed by atoms with Crippen LogP contribution in [0.2, 0.25) is 0 Å². The maximum atomic E-state index is 12.4. The lowest BCUT2D eigenvalue weighted by molar-refractivity contribution is -0.121. The Labute approximate surface area is 157 Å². The van der Waals surface area contributed by atoms with Crippen LogP contribution in [-0.2, 0) is 11.2 Å². The second-order valence-corrected chi connectivity index (χ2v) is 8.10. The van der Waals surface area contributed by atoms with Crippen molar-refractivity contribution in [3.63, 3.8) is 0 Å². The molecule has 0 saturated heterocycles. The summed E-state index contributed by atoms with van der Waals surface area (Å²) in [7, 11) is 0. The second kappa shape index (κ2) is 8.05. The number of nitrogens with zero attached hydrogens (tertiary/aromatic N) is 1. The summed E-state index contributed by atoms with van der Waals surface area (Å²) in [6.45, 7) is 2.07. The summed E-state index contributed by atoms with van der Waals surface area (Å²) in [5, 5.41) is 8.09.